The summed E-state index contributed by atoms with van der Waals surface area (Å²) in [6.45, 7) is 1.33. The number of halogens is 6. The summed E-state index contributed by atoms with van der Waals surface area (Å²) < 4.78 is 84.9. The van der Waals surface area contributed by atoms with Crippen molar-refractivity contribution in [1.82, 2.24) is 5.32 Å². The van der Waals surface area contributed by atoms with Gasteiger partial charge in [-0.2, -0.15) is 26.3 Å². The molecule has 0 saturated carbocycles. The molecular formula is C22H22F6N2O3. The van der Waals surface area contributed by atoms with Crippen LogP contribution in [0.4, 0.5) is 26.3 Å². The second kappa shape index (κ2) is 9.30. The molecule has 1 saturated heterocycles. The van der Waals surface area contributed by atoms with Crippen molar-refractivity contribution in [3.63, 3.8) is 0 Å². The quantitative estimate of drug-likeness (QED) is 0.329. The van der Waals surface area contributed by atoms with Crippen molar-refractivity contribution in [3.05, 3.63) is 80.9 Å². The highest BCUT2D eigenvalue weighted by Gasteiger charge is 2.41. The molecule has 1 fully saturated rings. The van der Waals surface area contributed by atoms with Gasteiger partial charge in [0.25, 0.3) is 0 Å². The van der Waals surface area contributed by atoms with Gasteiger partial charge in [0, 0.05) is 11.3 Å². The molecule has 0 radical (unpaired) electrons. The number of ether oxygens (including phenoxy) is 1. The van der Waals surface area contributed by atoms with Gasteiger partial charge in [-0.05, 0) is 42.7 Å². The molecule has 1 aliphatic rings. The lowest BCUT2D eigenvalue weighted by atomic mass is 9.81. The summed E-state index contributed by atoms with van der Waals surface area (Å²) in [4.78, 5) is 10.7. The zero-order valence-corrected chi connectivity index (χ0v) is 17.5. The van der Waals surface area contributed by atoms with Gasteiger partial charge in [0.2, 0.25) is 6.04 Å². The van der Waals surface area contributed by atoms with E-state index in [-0.39, 0.29) is 36.1 Å². The number of alkyl halides is 6. The summed E-state index contributed by atoms with van der Waals surface area (Å²) in [5.41, 5.74) is -3.19. The van der Waals surface area contributed by atoms with Crippen molar-refractivity contribution < 1.29 is 36.0 Å². The number of piperidine rings is 1. The first kappa shape index (κ1) is 25.0. The van der Waals surface area contributed by atoms with E-state index in [1.165, 1.54) is 6.92 Å². The Bertz CT molecular complexity index is 938. The maximum Gasteiger partial charge on any atom is 0.416 e. The van der Waals surface area contributed by atoms with Crippen LogP contribution >= 0.6 is 0 Å². The smallest absolute Gasteiger partial charge is 0.372 e. The molecule has 0 aromatic heterocycles. The van der Waals surface area contributed by atoms with Crippen molar-refractivity contribution in [2.75, 3.05) is 13.2 Å². The molecule has 33 heavy (non-hydrogen) atoms. The van der Waals surface area contributed by atoms with Crippen molar-refractivity contribution in [3.8, 4) is 0 Å². The van der Waals surface area contributed by atoms with Crippen LogP contribution in [-0.2, 0) is 22.6 Å². The molecule has 3 rings (SSSR count). The average molecular weight is 476 g/mol. The highest BCUT2D eigenvalue weighted by Crippen LogP contribution is 2.39. The Morgan fingerprint density at radius 1 is 1.09 bits per heavy atom. The minimum Gasteiger partial charge on any atom is -0.372 e. The van der Waals surface area contributed by atoms with E-state index in [1.54, 1.807) is 30.3 Å². The first-order valence-corrected chi connectivity index (χ1v) is 10.2. The molecule has 1 N–H and O–H groups in total. The van der Waals surface area contributed by atoms with E-state index in [9.17, 15) is 36.5 Å². The lowest BCUT2D eigenvalue weighted by Crippen LogP contribution is -2.54. The maximum absolute atomic E-state index is 13.2. The minimum absolute atomic E-state index is 0.0570. The summed E-state index contributed by atoms with van der Waals surface area (Å²) in [5, 5.41) is 14.3. The third kappa shape index (κ3) is 5.83. The van der Waals surface area contributed by atoms with Gasteiger partial charge < -0.3 is 4.74 Å². The third-order valence-corrected chi connectivity index (χ3v) is 5.86. The van der Waals surface area contributed by atoms with E-state index in [4.69, 9.17) is 4.74 Å². The van der Waals surface area contributed by atoms with Crippen LogP contribution in [-0.4, -0.2) is 24.1 Å². The number of benzene rings is 2. The van der Waals surface area contributed by atoms with Crippen molar-refractivity contribution >= 4 is 0 Å². The minimum atomic E-state index is -4.95. The average Bonchev–Trinajstić information content (AvgIpc) is 2.76. The summed E-state index contributed by atoms with van der Waals surface area (Å²) >= 11 is 0. The van der Waals surface area contributed by atoms with Crippen LogP contribution in [0, 0.1) is 10.1 Å². The molecule has 2 aromatic rings. The van der Waals surface area contributed by atoms with E-state index in [0.717, 1.165) is 5.56 Å². The standard InChI is InChI=1S/C22H22F6N2O3/c1-14(15-9-17(21(23,24)25)11-18(10-15)22(26,27)28)33-13-20(16-5-3-2-4-6-16)8-7-19(12-29-20)30(31)32/h2-6,9-11,14,19,29H,7-8,12-13H2,1H3/t14?,19-,20+/m0/s1. The second-order valence-corrected chi connectivity index (χ2v) is 8.10. The van der Waals surface area contributed by atoms with Gasteiger partial charge >= 0.3 is 12.4 Å². The van der Waals surface area contributed by atoms with E-state index in [1.807, 2.05) is 0 Å². The first-order valence-electron chi connectivity index (χ1n) is 10.2. The largest absolute Gasteiger partial charge is 0.416 e. The van der Waals surface area contributed by atoms with Crippen molar-refractivity contribution in [1.29, 1.82) is 0 Å². The zero-order valence-electron chi connectivity index (χ0n) is 17.5. The van der Waals surface area contributed by atoms with Crippen molar-refractivity contribution in [2.45, 2.75) is 49.8 Å². The molecule has 0 aliphatic carbocycles. The Balaban J connectivity index is 1.87. The molecule has 180 valence electrons. The van der Waals surface area contributed by atoms with Gasteiger partial charge in [-0.15, -0.1) is 0 Å². The number of nitrogens with zero attached hydrogens (tertiary/aromatic N) is 1. The summed E-state index contributed by atoms with van der Waals surface area (Å²) in [6, 6.07) is 9.47. The Kier molecular flexibility index (Phi) is 7.04. The SMILES string of the molecule is CC(OC[C@@]1(c2ccccc2)CC[C@H]([N+](=O)[O-])CN1)c1cc(C(F)(F)F)cc(C(F)(F)F)c1. The number of hydrogen-bond acceptors (Lipinski definition) is 4. The Morgan fingerprint density at radius 3 is 2.12 bits per heavy atom. The molecule has 1 aliphatic heterocycles. The second-order valence-electron chi connectivity index (χ2n) is 8.10. The number of nitrogens with one attached hydrogen (secondary N) is 1. The normalized spacial score (nSPS) is 22.7. The highest BCUT2D eigenvalue weighted by atomic mass is 19.4. The Hall–Kier alpha value is -2.66. The lowest BCUT2D eigenvalue weighted by molar-refractivity contribution is -0.524. The molecule has 2 aromatic carbocycles. The van der Waals surface area contributed by atoms with Gasteiger partial charge in [0.05, 0.1) is 35.9 Å². The van der Waals surface area contributed by atoms with E-state index < -0.39 is 41.2 Å². The predicted molar refractivity (Wildman–Crippen MR) is 107 cm³/mol. The predicted octanol–water partition coefficient (Wildman–Crippen LogP) is 5.73. The fraction of sp³-hybridized carbons (Fsp3) is 0.455. The van der Waals surface area contributed by atoms with Gasteiger partial charge in [-0.3, -0.25) is 15.4 Å². The topological polar surface area (TPSA) is 64.4 Å². The monoisotopic (exact) mass is 476 g/mol. The third-order valence-electron chi connectivity index (χ3n) is 5.86. The molecule has 0 amide bonds. The van der Waals surface area contributed by atoms with E-state index in [0.29, 0.717) is 18.6 Å². The van der Waals surface area contributed by atoms with Gasteiger partial charge in [-0.25, -0.2) is 0 Å². The maximum atomic E-state index is 13.2. The number of hydrogen-bond donors (Lipinski definition) is 1. The molecule has 5 nitrogen and oxygen atoms in total. The van der Waals surface area contributed by atoms with Crippen LogP contribution in [0.3, 0.4) is 0 Å². The zero-order chi connectivity index (χ0) is 24.4. The number of nitro groups is 1. The van der Waals surface area contributed by atoms with Crippen molar-refractivity contribution in [2.24, 2.45) is 0 Å². The first-order chi connectivity index (χ1) is 15.3. The van der Waals surface area contributed by atoms with Crippen LogP contribution in [0.1, 0.15) is 48.1 Å². The molecule has 11 heteroatoms. The van der Waals surface area contributed by atoms with Crippen LogP contribution in [0.5, 0.6) is 0 Å². The van der Waals surface area contributed by atoms with Crippen LogP contribution in [0.15, 0.2) is 48.5 Å². The molecule has 1 unspecified atom stereocenters. The number of rotatable bonds is 6. The summed E-state index contributed by atoms with van der Waals surface area (Å²) in [7, 11) is 0. The molecular weight excluding hydrogens is 454 g/mol. The fourth-order valence-corrected chi connectivity index (χ4v) is 3.88. The molecule has 0 spiro atoms. The lowest BCUT2D eigenvalue weighted by Gasteiger charge is -2.40. The van der Waals surface area contributed by atoms with Crippen LogP contribution in [0.25, 0.3) is 0 Å². The van der Waals surface area contributed by atoms with E-state index >= 15 is 0 Å². The van der Waals surface area contributed by atoms with Crippen LogP contribution < -0.4 is 5.32 Å². The summed E-state index contributed by atoms with van der Waals surface area (Å²) in [5.74, 6) is 0. The summed E-state index contributed by atoms with van der Waals surface area (Å²) in [6.07, 6.45) is -10.4. The molecule has 0 bridgehead atoms. The molecule has 3 atom stereocenters. The Labute approximate surface area is 185 Å². The van der Waals surface area contributed by atoms with Gasteiger partial charge in [-0.1, -0.05) is 30.3 Å². The van der Waals surface area contributed by atoms with Crippen LogP contribution in [0.2, 0.25) is 0 Å². The fourth-order valence-electron chi connectivity index (χ4n) is 3.88. The van der Waals surface area contributed by atoms with Gasteiger partial charge in [0.15, 0.2) is 0 Å². The highest BCUT2D eigenvalue weighted by molar-refractivity contribution is 5.35. The Morgan fingerprint density at radius 2 is 1.67 bits per heavy atom. The van der Waals surface area contributed by atoms with E-state index in [2.05, 4.69) is 5.32 Å². The molecule has 1 heterocycles. The van der Waals surface area contributed by atoms with Gasteiger partial charge in [0.1, 0.15) is 0 Å².